The molecule has 2 heterocycles. The van der Waals surface area contributed by atoms with Crippen LogP contribution in [0.15, 0.2) is 36.4 Å². The SMILES string of the molecule is CCCc1nc(C)cc(N2CCC[C@@](Cc3ccccc3)(C(=O)O)C2)n1. The van der Waals surface area contributed by atoms with Gasteiger partial charge >= 0.3 is 5.97 Å². The van der Waals surface area contributed by atoms with E-state index in [1.54, 1.807) is 0 Å². The molecule has 1 aromatic heterocycles. The largest absolute Gasteiger partial charge is 0.481 e. The normalized spacial score (nSPS) is 20.2. The molecule has 5 heteroatoms. The predicted octanol–water partition coefficient (Wildman–Crippen LogP) is 3.65. The van der Waals surface area contributed by atoms with Gasteiger partial charge in [-0.05, 0) is 38.2 Å². The van der Waals surface area contributed by atoms with Crippen LogP contribution in [-0.2, 0) is 17.6 Å². The van der Waals surface area contributed by atoms with Crippen molar-refractivity contribution in [3.8, 4) is 0 Å². The molecule has 0 amide bonds. The van der Waals surface area contributed by atoms with Gasteiger partial charge in [0.15, 0.2) is 0 Å². The van der Waals surface area contributed by atoms with Crippen molar-refractivity contribution in [3.05, 3.63) is 53.5 Å². The third-order valence-corrected chi connectivity index (χ3v) is 5.10. The van der Waals surface area contributed by atoms with E-state index in [0.717, 1.165) is 48.7 Å². The Hall–Kier alpha value is -2.43. The molecule has 1 aliphatic heterocycles. The molecule has 0 saturated carbocycles. The fourth-order valence-electron chi connectivity index (χ4n) is 3.82. The Morgan fingerprint density at radius 2 is 2.04 bits per heavy atom. The van der Waals surface area contributed by atoms with Crippen molar-refractivity contribution >= 4 is 11.8 Å². The standard InChI is InChI=1S/C21H27N3O2/c1-3-8-18-22-16(2)13-19(23-18)24-12-7-11-21(15-24,20(25)26)14-17-9-5-4-6-10-17/h4-6,9-10,13H,3,7-8,11-12,14-15H2,1-2H3,(H,25,26)/t21-/m0/s1. The van der Waals surface area contributed by atoms with Gasteiger partial charge in [-0.2, -0.15) is 0 Å². The molecule has 0 bridgehead atoms. The minimum atomic E-state index is -0.774. The first-order valence-electron chi connectivity index (χ1n) is 9.39. The number of nitrogens with zero attached hydrogens (tertiary/aromatic N) is 3. The molecule has 3 rings (SSSR count). The Kier molecular flexibility index (Phi) is 5.55. The van der Waals surface area contributed by atoms with Crippen LogP contribution in [0.1, 0.15) is 43.3 Å². The van der Waals surface area contributed by atoms with Crippen LogP contribution >= 0.6 is 0 Å². The summed E-state index contributed by atoms with van der Waals surface area (Å²) >= 11 is 0. The number of rotatable bonds is 6. The zero-order valence-corrected chi connectivity index (χ0v) is 15.6. The van der Waals surface area contributed by atoms with Gasteiger partial charge < -0.3 is 10.0 Å². The average molecular weight is 353 g/mol. The summed E-state index contributed by atoms with van der Waals surface area (Å²) in [6.07, 6.45) is 3.93. The van der Waals surface area contributed by atoms with E-state index in [4.69, 9.17) is 4.98 Å². The molecule has 2 aromatic rings. The lowest BCUT2D eigenvalue weighted by atomic mass is 9.75. The van der Waals surface area contributed by atoms with Crippen molar-refractivity contribution in [2.75, 3.05) is 18.0 Å². The summed E-state index contributed by atoms with van der Waals surface area (Å²) in [5.74, 6) is 0.988. The second-order valence-corrected chi connectivity index (χ2v) is 7.31. The number of hydrogen-bond acceptors (Lipinski definition) is 4. The molecule has 5 nitrogen and oxygen atoms in total. The number of carboxylic acid groups (broad SMARTS) is 1. The molecule has 138 valence electrons. The highest BCUT2D eigenvalue weighted by Crippen LogP contribution is 2.36. The van der Waals surface area contributed by atoms with Gasteiger partial charge in [0.25, 0.3) is 0 Å². The smallest absolute Gasteiger partial charge is 0.311 e. The molecule has 1 fully saturated rings. The molecule has 0 radical (unpaired) electrons. The third kappa shape index (κ3) is 4.03. The van der Waals surface area contributed by atoms with Crippen LogP contribution in [0.25, 0.3) is 0 Å². The lowest BCUT2D eigenvalue weighted by Gasteiger charge is -2.40. The molecule has 0 unspecified atom stereocenters. The van der Waals surface area contributed by atoms with Gasteiger partial charge in [0, 0.05) is 31.3 Å². The van der Waals surface area contributed by atoms with Crippen LogP contribution in [0.5, 0.6) is 0 Å². The highest BCUT2D eigenvalue weighted by Gasteiger charge is 2.43. The van der Waals surface area contributed by atoms with E-state index in [-0.39, 0.29) is 0 Å². The molecule has 0 spiro atoms. The molecular formula is C21H27N3O2. The summed E-state index contributed by atoms with van der Waals surface area (Å²) in [6, 6.07) is 11.9. The number of carboxylic acids is 1. The van der Waals surface area contributed by atoms with Crippen molar-refractivity contribution in [2.24, 2.45) is 5.41 Å². The summed E-state index contributed by atoms with van der Waals surface area (Å²) in [6.45, 7) is 5.41. The first kappa shape index (κ1) is 18.4. The quantitative estimate of drug-likeness (QED) is 0.859. The lowest BCUT2D eigenvalue weighted by molar-refractivity contribution is -0.149. The first-order chi connectivity index (χ1) is 12.5. The van der Waals surface area contributed by atoms with Gasteiger partial charge in [0.05, 0.1) is 5.41 Å². The van der Waals surface area contributed by atoms with Gasteiger partial charge in [0.1, 0.15) is 11.6 Å². The average Bonchev–Trinajstić information content (AvgIpc) is 2.62. The molecule has 1 saturated heterocycles. The number of piperidine rings is 1. The Balaban J connectivity index is 1.88. The van der Waals surface area contributed by atoms with Gasteiger partial charge in [0.2, 0.25) is 0 Å². The van der Waals surface area contributed by atoms with Crippen molar-refractivity contribution < 1.29 is 9.90 Å². The fourth-order valence-corrected chi connectivity index (χ4v) is 3.82. The fraction of sp³-hybridized carbons (Fsp3) is 0.476. The van der Waals surface area contributed by atoms with Crippen LogP contribution in [-0.4, -0.2) is 34.1 Å². The second-order valence-electron chi connectivity index (χ2n) is 7.31. The number of aromatic nitrogens is 2. The molecule has 0 aliphatic carbocycles. The zero-order chi connectivity index (χ0) is 18.6. The van der Waals surface area contributed by atoms with E-state index in [1.807, 2.05) is 43.3 Å². The third-order valence-electron chi connectivity index (χ3n) is 5.10. The number of anilines is 1. The number of carbonyl (C=O) groups is 1. The Morgan fingerprint density at radius 3 is 2.73 bits per heavy atom. The van der Waals surface area contributed by atoms with Gasteiger partial charge in [-0.25, -0.2) is 9.97 Å². The monoisotopic (exact) mass is 353 g/mol. The van der Waals surface area contributed by atoms with Crippen LogP contribution in [0, 0.1) is 12.3 Å². The highest BCUT2D eigenvalue weighted by molar-refractivity contribution is 5.76. The number of hydrogen-bond donors (Lipinski definition) is 1. The van der Waals surface area contributed by atoms with E-state index in [9.17, 15) is 9.90 Å². The van der Waals surface area contributed by atoms with E-state index in [1.165, 1.54) is 0 Å². The summed E-state index contributed by atoms with van der Waals surface area (Å²) < 4.78 is 0. The molecule has 26 heavy (non-hydrogen) atoms. The Bertz CT molecular complexity index is 763. The van der Waals surface area contributed by atoms with Crippen molar-refractivity contribution in [3.63, 3.8) is 0 Å². The van der Waals surface area contributed by atoms with E-state index >= 15 is 0 Å². The molecular weight excluding hydrogens is 326 g/mol. The molecule has 1 atom stereocenters. The predicted molar refractivity (Wildman–Crippen MR) is 102 cm³/mol. The minimum absolute atomic E-state index is 0.485. The van der Waals surface area contributed by atoms with Crippen LogP contribution in [0.2, 0.25) is 0 Å². The number of aryl methyl sites for hydroxylation is 2. The van der Waals surface area contributed by atoms with Gasteiger partial charge in [-0.1, -0.05) is 37.3 Å². The minimum Gasteiger partial charge on any atom is -0.481 e. The summed E-state index contributed by atoms with van der Waals surface area (Å²) in [5, 5.41) is 10.0. The highest BCUT2D eigenvalue weighted by atomic mass is 16.4. The van der Waals surface area contributed by atoms with Gasteiger partial charge in [-0.3, -0.25) is 4.79 Å². The van der Waals surface area contributed by atoms with Crippen molar-refractivity contribution in [2.45, 2.75) is 46.0 Å². The summed E-state index contributed by atoms with van der Waals surface area (Å²) in [4.78, 5) is 23.6. The topological polar surface area (TPSA) is 66.3 Å². The Morgan fingerprint density at radius 1 is 1.27 bits per heavy atom. The molecule has 1 aromatic carbocycles. The number of benzene rings is 1. The van der Waals surface area contributed by atoms with Gasteiger partial charge in [-0.15, -0.1) is 0 Å². The Labute approximate surface area is 155 Å². The summed E-state index contributed by atoms with van der Waals surface area (Å²) in [7, 11) is 0. The number of aliphatic carboxylic acids is 1. The van der Waals surface area contributed by atoms with Crippen LogP contribution in [0.4, 0.5) is 5.82 Å². The second kappa shape index (κ2) is 7.85. The van der Waals surface area contributed by atoms with E-state index < -0.39 is 11.4 Å². The maximum Gasteiger partial charge on any atom is 0.311 e. The van der Waals surface area contributed by atoms with Crippen molar-refractivity contribution in [1.82, 2.24) is 9.97 Å². The zero-order valence-electron chi connectivity index (χ0n) is 15.6. The van der Waals surface area contributed by atoms with Crippen LogP contribution in [0.3, 0.4) is 0 Å². The lowest BCUT2D eigenvalue weighted by Crippen LogP contribution is -2.49. The first-order valence-corrected chi connectivity index (χ1v) is 9.39. The molecule has 1 N–H and O–H groups in total. The maximum atomic E-state index is 12.2. The molecule has 1 aliphatic rings. The summed E-state index contributed by atoms with van der Waals surface area (Å²) in [5.41, 5.74) is 1.24. The van der Waals surface area contributed by atoms with Crippen LogP contribution < -0.4 is 4.90 Å². The van der Waals surface area contributed by atoms with E-state index in [2.05, 4.69) is 16.8 Å². The maximum absolute atomic E-state index is 12.2. The van der Waals surface area contributed by atoms with Crippen molar-refractivity contribution in [1.29, 1.82) is 0 Å². The van der Waals surface area contributed by atoms with E-state index in [0.29, 0.717) is 19.4 Å².